The molecule has 0 radical (unpaired) electrons. The zero-order valence-corrected chi connectivity index (χ0v) is 16.2. The van der Waals surface area contributed by atoms with Crippen molar-refractivity contribution < 1.29 is 36.6 Å². The number of benzene rings is 2. The molecule has 0 atom stereocenters. The minimum atomic E-state index is -4.44. The van der Waals surface area contributed by atoms with Crippen LogP contribution >= 0.6 is 0 Å². The van der Waals surface area contributed by atoms with E-state index < -0.39 is 17.6 Å². The standard InChI is InChI=1S/C20H17F3N2O5/c1-27-15-8-13(9-16(28-2)17(15)29-3)24-18(26)14-10-30-19(25-14)11-4-6-12(7-5-11)20(21,22)23/h4-10H,1-3H3,(H,24,26). The second-order valence-corrected chi connectivity index (χ2v) is 5.98. The first-order chi connectivity index (χ1) is 14.3. The molecule has 1 amide bonds. The summed E-state index contributed by atoms with van der Waals surface area (Å²) in [7, 11) is 4.34. The summed E-state index contributed by atoms with van der Waals surface area (Å²) in [6.45, 7) is 0. The van der Waals surface area contributed by atoms with Crippen molar-refractivity contribution in [1.82, 2.24) is 4.98 Å². The van der Waals surface area contributed by atoms with Crippen LogP contribution < -0.4 is 19.5 Å². The molecule has 0 bridgehead atoms. The van der Waals surface area contributed by atoms with Crippen LogP contribution in [0.25, 0.3) is 11.5 Å². The van der Waals surface area contributed by atoms with Gasteiger partial charge in [0.25, 0.3) is 5.91 Å². The van der Waals surface area contributed by atoms with Gasteiger partial charge >= 0.3 is 6.18 Å². The molecular formula is C20H17F3N2O5. The zero-order chi connectivity index (χ0) is 21.9. The van der Waals surface area contributed by atoms with E-state index in [1.165, 1.54) is 45.6 Å². The number of alkyl halides is 3. The molecule has 10 heteroatoms. The van der Waals surface area contributed by atoms with Gasteiger partial charge in [0.1, 0.15) is 6.26 Å². The molecule has 0 unspecified atom stereocenters. The summed E-state index contributed by atoms with van der Waals surface area (Å²) in [5.41, 5.74) is -0.194. The number of carbonyl (C=O) groups excluding carboxylic acids is 1. The Labute approximate surface area is 169 Å². The van der Waals surface area contributed by atoms with Crippen LogP contribution in [0, 0.1) is 0 Å². The monoisotopic (exact) mass is 422 g/mol. The summed E-state index contributed by atoms with van der Waals surface area (Å²) in [5, 5.41) is 2.63. The first-order valence-corrected chi connectivity index (χ1v) is 8.51. The van der Waals surface area contributed by atoms with E-state index in [1.807, 2.05) is 0 Å². The van der Waals surface area contributed by atoms with Crippen molar-refractivity contribution >= 4 is 11.6 Å². The lowest BCUT2D eigenvalue weighted by atomic mass is 10.1. The molecule has 3 rings (SSSR count). The van der Waals surface area contributed by atoms with E-state index >= 15 is 0 Å². The van der Waals surface area contributed by atoms with E-state index in [0.717, 1.165) is 18.4 Å². The Bertz CT molecular complexity index is 1020. The molecule has 2 aromatic carbocycles. The van der Waals surface area contributed by atoms with Crippen LogP contribution in [0.2, 0.25) is 0 Å². The van der Waals surface area contributed by atoms with Gasteiger partial charge in [-0.15, -0.1) is 0 Å². The number of aromatic nitrogens is 1. The predicted molar refractivity (Wildman–Crippen MR) is 101 cm³/mol. The molecule has 0 aliphatic heterocycles. The van der Waals surface area contributed by atoms with Crippen molar-refractivity contribution in [3.05, 3.63) is 53.9 Å². The number of rotatable bonds is 6. The summed E-state index contributed by atoms with van der Waals surface area (Å²) >= 11 is 0. The molecule has 1 aromatic heterocycles. The van der Waals surface area contributed by atoms with E-state index in [0.29, 0.717) is 28.5 Å². The van der Waals surface area contributed by atoms with E-state index in [4.69, 9.17) is 18.6 Å². The van der Waals surface area contributed by atoms with Crippen molar-refractivity contribution in [2.45, 2.75) is 6.18 Å². The lowest BCUT2D eigenvalue weighted by Gasteiger charge is -2.14. The number of hydrogen-bond donors (Lipinski definition) is 1. The third-order valence-corrected chi connectivity index (χ3v) is 4.12. The normalized spacial score (nSPS) is 11.1. The summed E-state index contributed by atoms with van der Waals surface area (Å²) in [6, 6.07) is 7.33. The van der Waals surface area contributed by atoms with Crippen LogP contribution in [0.1, 0.15) is 16.1 Å². The van der Waals surface area contributed by atoms with Crippen LogP contribution in [-0.2, 0) is 6.18 Å². The Morgan fingerprint density at radius 1 is 1.00 bits per heavy atom. The molecular weight excluding hydrogens is 405 g/mol. The van der Waals surface area contributed by atoms with Crippen molar-refractivity contribution in [2.75, 3.05) is 26.6 Å². The maximum absolute atomic E-state index is 12.7. The summed E-state index contributed by atoms with van der Waals surface area (Å²) in [4.78, 5) is 16.5. The minimum Gasteiger partial charge on any atom is -0.493 e. The molecule has 30 heavy (non-hydrogen) atoms. The number of nitrogens with one attached hydrogen (secondary N) is 1. The Hall–Kier alpha value is -3.69. The highest BCUT2D eigenvalue weighted by Crippen LogP contribution is 2.40. The highest BCUT2D eigenvalue weighted by Gasteiger charge is 2.30. The number of methoxy groups -OCH3 is 3. The maximum Gasteiger partial charge on any atom is 0.416 e. The van der Waals surface area contributed by atoms with Crippen molar-refractivity contribution in [3.8, 4) is 28.7 Å². The Morgan fingerprint density at radius 3 is 2.10 bits per heavy atom. The fraction of sp³-hybridized carbons (Fsp3) is 0.200. The number of oxazole rings is 1. The number of ether oxygens (including phenoxy) is 3. The Balaban J connectivity index is 1.80. The smallest absolute Gasteiger partial charge is 0.416 e. The molecule has 0 saturated heterocycles. The maximum atomic E-state index is 12.7. The second-order valence-electron chi connectivity index (χ2n) is 5.98. The first kappa shape index (κ1) is 21.0. The highest BCUT2D eigenvalue weighted by atomic mass is 19.4. The zero-order valence-electron chi connectivity index (χ0n) is 16.2. The topological polar surface area (TPSA) is 82.8 Å². The molecule has 0 aliphatic carbocycles. The number of halogens is 3. The summed E-state index contributed by atoms with van der Waals surface area (Å²) in [6.07, 6.45) is -3.33. The third-order valence-electron chi connectivity index (χ3n) is 4.12. The van der Waals surface area contributed by atoms with E-state index in [1.54, 1.807) is 0 Å². The first-order valence-electron chi connectivity index (χ1n) is 8.51. The number of carbonyl (C=O) groups is 1. The van der Waals surface area contributed by atoms with Crippen LogP contribution in [0.15, 0.2) is 47.1 Å². The van der Waals surface area contributed by atoms with Gasteiger partial charge in [-0.1, -0.05) is 0 Å². The van der Waals surface area contributed by atoms with Gasteiger partial charge in [0.2, 0.25) is 11.6 Å². The Morgan fingerprint density at radius 2 is 1.60 bits per heavy atom. The minimum absolute atomic E-state index is 0.0127. The van der Waals surface area contributed by atoms with Gasteiger partial charge in [-0.3, -0.25) is 4.79 Å². The SMILES string of the molecule is COc1cc(NC(=O)c2coc(-c3ccc(C(F)(F)F)cc3)n2)cc(OC)c1OC. The fourth-order valence-corrected chi connectivity index (χ4v) is 2.66. The second kappa shape index (κ2) is 8.36. The van der Waals surface area contributed by atoms with Crippen LogP contribution in [0.5, 0.6) is 17.2 Å². The van der Waals surface area contributed by atoms with Gasteiger partial charge in [0, 0.05) is 23.4 Å². The van der Waals surface area contributed by atoms with E-state index in [2.05, 4.69) is 10.3 Å². The third kappa shape index (κ3) is 4.32. The van der Waals surface area contributed by atoms with Crippen LogP contribution in [0.4, 0.5) is 18.9 Å². The van der Waals surface area contributed by atoms with E-state index in [9.17, 15) is 18.0 Å². The van der Waals surface area contributed by atoms with Gasteiger partial charge in [-0.2, -0.15) is 13.2 Å². The van der Waals surface area contributed by atoms with Gasteiger partial charge in [-0.25, -0.2) is 4.98 Å². The van der Waals surface area contributed by atoms with Gasteiger partial charge < -0.3 is 23.9 Å². The van der Waals surface area contributed by atoms with Gasteiger partial charge in [0.05, 0.1) is 26.9 Å². The number of amides is 1. The molecule has 3 aromatic rings. The highest BCUT2D eigenvalue weighted by molar-refractivity contribution is 6.03. The molecule has 0 fully saturated rings. The lowest BCUT2D eigenvalue weighted by Crippen LogP contribution is -2.12. The molecule has 0 saturated carbocycles. The number of nitrogens with zero attached hydrogens (tertiary/aromatic N) is 1. The number of anilines is 1. The van der Waals surface area contributed by atoms with Gasteiger partial charge in [-0.05, 0) is 24.3 Å². The van der Waals surface area contributed by atoms with Crippen LogP contribution in [0.3, 0.4) is 0 Å². The fourth-order valence-electron chi connectivity index (χ4n) is 2.66. The molecule has 158 valence electrons. The average molecular weight is 422 g/mol. The van der Waals surface area contributed by atoms with Crippen molar-refractivity contribution in [3.63, 3.8) is 0 Å². The summed E-state index contributed by atoms with van der Waals surface area (Å²) < 4.78 is 59.0. The molecule has 7 nitrogen and oxygen atoms in total. The predicted octanol–water partition coefficient (Wildman–Crippen LogP) is 4.64. The van der Waals surface area contributed by atoms with Crippen LogP contribution in [-0.4, -0.2) is 32.2 Å². The summed E-state index contributed by atoms with van der Waals surface area (Å²) in [5.74, 6) is 0.476. The average Bonchev–Trinajstić information content (AvgIpc) is 3.23. The Kier molecular flexibility index (Phi) is 5.86. The molecule has 1 N–H and O–H groups in total. The van der Waals surface area contributed by atoms with Crippen molar-refractivity contribution in [1.29, 1.82) is 0 Å². The molecule has 0 aliphatic rings. The lowest BCUT2D eigenvalue weighted by molar-refractivity contribution is -0.137. The number of hydrogen-bond acceptors (Lipinski definition) is 6. The quantitative estimate of drug-likeness (QED) is 0.623. The largest absolute Gasteiger partial charge is 0.493 e. The van der Waals surface area contributed by atoms with Gasteiger partial charge in [0.15, 0.2) is 17.2 Å². The van der Waals surface area contributed by atoms with E-state index in [-0.39, 0.29) is 11.6 Å². The molecule has 1 heterocycles. The van der Waals surface area contributed by atoms with Crippen molar-refractivity contribution in [2.24, 2.45) is 0 Å². The molecule has 0 spiro atoms.